The Kier molecular flexibility index (Phi) is 5.77. The third kappa shape index (κ3) is 5.32. The van der Waals surface area contributed by atoms with Gasteiger partial charge in [-0.25, -0.2) is 13.1 Å². The molecule has 9 heteroatoms. The number of benzene rings is 1. The first-order chi connectivity index (χ1) is 12.0. The summed E-state index contributed by atoms with van der Waals surface area (Å²) in [4.78, 5) is 2.31. The number of hydrogen-bond acceptors (Lipinski definition) is 6. The monoisotopic (exact) mass is 364 g/mol. The van der Waals surface area contributed by atoms with Gasteiger partial charge < -0.3 is 4.90 Å². The minimum Gasteiger partial charge on any atom is -0.302 e. The summed E-state index contributed by atoms with van der Waals surface area (Å²) in [6, 6.07) is 9.86. The molecule has 0 aliphatic carbocycles. The molecule has 1 aromatic carbocycles. The molecule has 1 N–H and O–H groups in total. The van der Waals surface area contributed by atoms with Crippen molar-refractivity contribution in [2.45, 2.75) is 31.7 Å². The number of hydrogen-bond donors (Lipinski definition) is 1. The molecule has 1 unspecified atom stereocenters. The van der Waals surface area contributed by atoms with Crippen molar-refractivity contribution in [3.63, 3.8) is 0 Å². The molecule has 2 aromatic rings. The van der Waals surface area contributed by atoms with Crippen LogP contribution in [0.1, 0.15) is 25.1 Å². The van der Waals surface area contributed by atoms with Gasteiger partial charge in [0.05, 0.1) is 11.9 Å². The first-order valence-electron chi connectivity index (χ1n) is 8.53. The molecule has 0 saturated carbocycles. The highest BCUT2D eigenvalue weighted by atomic mass is 32.2. The van der Waals surface area contributed by atoms with Gasteiger partial charge in [0.2, 0.25) is 10.0 Å². The van der Waals surface area contributed by atoms with Gasteiger partial charge in [-0.1, -0.05) is 18.2 Å². The largest absolute Gasteiger partial charge is 0.302 e. The number of piperidine rings is 1. The van der Waals surface area contributed by atoms with Gasteiger partial charge in [0.15, 0.2) is 5.82 Å². The van der Waals surface area contributed by atoms with Crippen molar-refractivity contribution in [3.05, 3.63) is 36.2 Å². The average molecular weight is 364 g/mol. The van der Waals surface area contributed by atoms with Crippen LogP contribution in [0.3, 0.4) is 0 Å². The van der Waals surface area contributed by atoms with Crippen LogP contribution in [0.5, 0.6) is 0 Å². The minimum absolute atomic E-state index is 0.0124. The molecular weight excluding hydrogens is 340 g/mol. The van der Waals surface area contributed by atoms with Crippen molar-refractivity contribution in [1.82, 2.24) is 29.8 Å². The van der Waals surface area contributed by atoms with Crippen LogP contribution < -0.4 is 4.72 Å². The zero-order valence-electron chi connectivity index (χ0n) is 14.4. The summed E-state index contributed by atoms with van der Waals surface area (Å²) < 4.78 is 27.3. The summed E-state index contributed by atoms with van der Waals surface area (Å²) in [6.45, 7) is 2.67. The van der Waals surface area contributed by atoms with E-state index < -0.39 is 10.0 Å². The maximum absolute atomic E-state index is 11.4. The molecule has 1 saturated heterocycles. The van der Waals surface area contributed by atoms with Crippen LogP contribution in [0.4, 0.5) is 0 Å². The molecule has 0 amide bonds. The van der Waals surface area contributed by atoms with E-state index >= 15 is 0 Å². The molecule has 0 bridgehead atoms. The normalized spacial score (nSPS) is 19.2. The van der Waals surface area contributed by atoms with Crippen molar-refractivity contribution in [1.29, 1.82) is 0 Å². The topological polar surface area (TPSA) is 93.0 Å². The van der Waals surface area contributed by atoms with E-state index in [1.807, 2.05) is 30.3 Å². The molecule has 1 fully saturated rings. The molecule has 0 radical (unpaired) electrons. The molecule has 1 aromatic heterocycles. The van der Waals surface area contributed by atoms with Crippen LogP contribution >= 0.6 is 0 Å². The number of nitrogens with zero attached hydrogens (tertiary/aromatic N) is 5. The third-order valence-corrected chi connectivity index (χ3v) is 5.06. The Morgan fingerprint density at radius 3 is 2.84 bits per heavy atom. The molecule has 1 aliphatic heterocycles. The zero-order chi connectivity index (χ0) is 17.7. The molecule has 3 rings (SSSR count). The third-order valence-electron chi connectivity index (χ3n) is 4.30. The number of tetrazole rings is 1. The second-order valence-corrected chi connectivity index (χ2v) is 8.26. The van der Waals surface area contributed by atoms with Crippen LogP contribution in [0.25, 0.3) is 5.69 Å². The fourth-order valence-electron chi connectivity index (χ4n) is 3.25. The Bertz CT molecular complexity index is 777. The molecule has 25 heavy (non-hydrogen) atoms. The lowest BCUT2D eigenvalue weighted by molar-refractivity contribution is 0.200. The van der Waals surface area contributed by atoms with Crippen LogP contribution in [0, 0.1) is 0 Å². The van der Waals surface area contributed by atoms with E-state index in [1.54, 1.807) is 4.68 Å². The highest BCUT2D eigenvalue weighted by Gasteiger charge is 2.22. The highest BCUT2D eigenvalue weighted by molar-refractivity contribution is 7.88. The molecule has 2 heterocycles. The Morgan fingerprint density at radius 2 is 2.08 bits per heavy atom. The van der Waals surface area contributed by atoms with E-state index in [1.165, 1.54) is 6.26 Å². The highest BCUT2D eigenvalue weighted by Crippen LogP contribution is 2.13. The summed E-state index contributed by atoms with van der Waals surface area (Å²) >= 11 is 0. The van der Waals surface area contributed by atoms with Gasteiger partial charge in [0.1, 0.15) is 0 Å². The van der Waals surface area contributed by atoms with Crippen molar-refractivity contribution in [2.24, 2.45) is 0 Å². The lowest BCUT2D eigenvalue weighted by atomic mass is 10.1. The second-order valence-electron chi connectivity index (χ2n) is 6.48. The summed E-state index contributed by atoms with van der Waals surface area (Å²) in [5, 5.41) is 12.0. The van der Waals surface area contributed by atoms with Gasteiger partial charge >= 0.3 is 0 Å². The molecular formula is C16H24N6O2S. The van der Waals surface area contributed by atoms with Gasteiger partial charge in [-0.2, -0.15) is 4.68 Å². The maximum atomic E-state index is 11.4. The lowest BCUT2D eigenvalue weighted by Crippen LogP contribution is -2.47. The van der Waals surface area contributed by atoms with E-state index in [9.17, 15) is 8.42 Å². The van der Waals surface area contributed by atoms with Crippen molar-refractivity contribution >= 4 is 10.0 Å². The number of rotatable bonds is 7. The van der Waals surface area contributed by atoms with Gasteiger partial charge in [-0.15, -0.1) is 5.10 Å². The van der Waals surface area contributed by atoms with Crippen molar-refractivity contribution < 1.29 is 8.42 Å². The minimum atomic E-state index is -3.15. The zero-order valence-corrected chi connectivity index (χ0v) is 15.2. The van der Waals surface area contributed by atoms with Gasteiger partial charge in [-0.05, 0) is 54.9 Å². The lowest BCUT2D eigenvalue weighted by Gasteiger charge is -2.32. The summed E-state index contributed by atoms with van der Waals surface area (Å²) in [6.07, 6.45) is 4.83. The molecule has 8 nitrogen and oxygen atoms in total. The smallest absolute Gasteiger partial charge is 0.208 e. The SMILES string of the molecule is CS(=O)(=O)NC1CCCN(CCCc2nnnn2-c2ccccc2)C1. The maximum Gasteiger partial charge on any atom is 0.208 e. The van der Waals surface area contributed by atoms with E-state index in [4.69, 9.17) is 0 Å². The Morgan fingerprint density at radius 1 is 1.28 bits per heavy atom. The molecule has 1 atom stereocenters. The van der Waals surface area contributed by atoms with Crippen LogP contribution in [0.2, 0.25) is 0 Å². The standard InChI is InChI=1S/C16H24N6O2S/c1-25(23,24)18-14-7-5-11-21(13-14)12-6-10-16-17-19-20-22(16)15-8-3-2-4-9-15/h2-4,8-9,14,18H,5-7,10-13H2,1H3. The first kappa shape index (κ1) is 18.0. The van der Waals surface area contributed by atoms with Crippen molar-refractivity contribution in [3.8, 4) is 5.69 Å². The van der Waals surface area contributed by atoms with E-state index in [2.05, 4.69) is 25.1 Å². The van der Waals surface area contributed by atoms with Crippen LogP contribution in [-0.4, -0.2) is 65.5 Å². The number of aryl methyl sites for hydroxylation is 1. The summed E-state index contributed by atoms with van der Waals surface area (Å²) in [5.41, 5.74) is 0.956. The van der Waals surface area contributed by atoms with Crippen LogP contribution in [-0.2, 0) is 16.4 Å². The molecule has 136 valence electrons. The number of sulfonamides is 1. The Hall–Kier alpha value is -1.84. The Balaban J connectivity index is 1.51. The number of para-hydroxylation sites is 1. The van der Waals surface area contributed by atoms with E-state index in [-0.39, 0.29) is 6.04 Å². The number of aromatic nitrogens is 4. The summed E-state index contributed by atoms with van der Waals surface area (Å²) in [7, 11) is -3.15. The predicted molar refractivity (Wildman–Crippen MR) is 94.9 cm³/mol. The van der Waals surface area contributed by atoms with Gasteiger partial charge in [0, 0.05) is 19.0 Å². The molecule has 1 aliphatic rings. The quantitative estimate of drug-likeness (QED) is 0.774. The number of nitrogens with one attached hydrogen (secondary N) is 1. The second kappa shape index (κ2) is 8.03. The first-order valence-corrected chi connectivity index (χ1v) is 10.4. The van der Waals surface area contributed by atoms with Gasteiger partial charge in [-0.3, -0.25) is 0 Å². The fourth-order valence-corrected chi connectivity index (χ4v) is 4.05. The Labute approximate surface area is 148 Å². The van der Waals surface area contributed by atoms with Gasteiger partial charge in [0.25, 0.3) is 0 Å². The van der Waals surface area contributed by atoms with E-state index in [0.29, 0.717) is 0 Å². The van der Waals surface area contributed by atoms with E-state index in [0.717, 1.165) is 56.8 Å². The number of likely N-dealkylation sites (tertiary alicyclic amines) is 1. The predicted octanol–water partition coefficient (Wildman–Crippen LogP) is 0.609. The van der Waals surface area contributed by atoms with Crippen molar-refractivity contribution in [2.75, 3.05) is 25.9 Å². The van der Waals surface area contributed by atoms with Crippen LogP contribution in [0.15, 0.2) is 30.3 Å². The average Bonchev–Trinajstić information content (AvgIpc) is 3.03. The molecule has 0 spiro atoms. The fraction of sp³-hybridized carbons (Fsp3) is 0.562. The summed E-state index contributed by atoms with van der Waals surface area (Å²) in [5.74, 6) is 0.842.